The van der Waals surface area contributed by atoms with Crippen molar-refractivity contribution < 1.29 is 9.18 Å². The first-order valence-electron chi connectivity index (χ1n) is 7.15. The molecule has 1 amide bonds. The molecule has 3 heterocycles. The Morgan fingerprint density at radius 3 is 2.50 bits per heavy atom. The van der Waals surface area contributed by atoms with Crippen LogP contribution in [0.25, 0.3) is 0 Å². The first-order chi connectivity index (χ1) is 9.60. The van der Waals surface area contributed by atoms with E-state index in [9.17, 15) is 9.18 Å². The van der Waals surface area contributed by atoms with Crippen LogP contribution in [-0.2, 0) is 4.79 Å². The predicted octanol–water partition coefficient (Wildman–Crippen LogP) is 1.13. The predicted molar refractivity (Wildman–Crippen MR) is 74.5 cm³/mol. The monoisotopic (exact) mass is 277 g/mol. The molecule has 0 saturated carbocycles. The van der Waals surface area contributed by atoms with Crippen LogP contribution in [0.2, 0.25) is 0 Å². The third kappa shape index (κ3) is 2.21. The number of nitrogens with zero attached hydrogens (tertiary/aromatic N) is 2. The molecule has 20 heavy (non-hydrogen) atoms. The lowest BCUT2D eigenvalue weighted by Crippen LogP contribution is -2.70. The van der Waals surface area contributed by atoms with Crippen molar-refractivity contribution in [1.29, 1.82) is 0 Å². The lowest BCUT2D eigenvalue weighted by molar-refractivity contribution is -0.155. The lowest BCUT2D eigenvalue weighted by Gasteiger charge is -2.56. The van der Waals surface area contributed by atoms with E-state index in [4.69, 9.17) is 5.73 Å². The summed E-state index contributed by atoms with van der Waals surface area (Å²) in [6.07, 6.45) is 1.08. The van der Waals surface area contributed by atoms with E-state index in [-0.39, 0.29) is 11.7 Å². The molecule has 1 aromatic rings. The van der Waals surface area contributed by atoms with Gasteiger partial charge in [0.2, 0.25) is 5.91 Å². The largest absolute Gasteiger partial charge is 0.332 e. The number of halogens is 1. The number of piperazine rings is 1. The van der Waals surface area contributed by atoms with Crippen molar-refractivity contribution in [2.75, 3.05) is 19.6 Å². The molecule has 1 aromatic carbocycles. The van der Waals surface area contributed by atoms with Gasteiger partial charge in [-0.2, -0.15) is 0 Å². The van der Waals surface area contributed by atoms with Gasteiger partial charge in [-0.3, -0.25) is 9.69 Å². The summed E-state index contributed by atoms with van der Waals surface area (Å²) in [6.45, 7) is 5.05. The summed E-state index contributed by atoms with van der Waals surface area (Å²) in [6, 6.07) is 5.78. The third-order valence-electron chi connectivity index (χ3n) is 4.47. The highest BCUT2D eigenvalue weighted by Crippen LogP contribution is 2.34. The van der Waals surface area contributed by atoms with Gasteiger partial charge in [-0.05, 0) is 30.7 Å². The van der Waals surface area contributed by atoms with Gasteiger partial charge in [0.25, 0.3) is 0 Å². The molecule has 3 aliphatic rings. The first-order valence-corrected chi connectivity index (χ1v) is 7.15. The second-order valence-electron chi connectivity index (χ2n) is 5.67. The fraction of sp³-hybridized carbons (Fsp3) is 0.533. The Balaban J connectivity index is 1.69. The number of carbonyl (C=O) groups is 1. The van der Waals surface area contributed by atoms with Crippen molar-refractivity contribution in [3.8, 4) is 0 Å². The summed E-state index contributed by atoms with van der Waals surface area (Å²) in [5, 5.41) is 0. The fourth-order valence-corrected chi connectivity index (χ4v) is 3.29. The number of likely N-dealkylation sites (N-methyl/N-ethyl adjacent to an activating group) is 1. The van der Waals surface area contributed by atoms with Gasteiger partial charge in [0.15, 0.2) is 0 Å². The van der Waals surface area contributed by atoms with Crippen molar-refractivity contribution in [1.82, 2.24) is 9.80 Å². The van der Waals surface area contributed by atoms with Gasteiger partial charge in [0.05, 0.1) is 0 Å². The van der Waals surface area contributed by atoms with E-state index in [0.29, 0.717) is 17.6 Å². The molecule has 2 N–H and O–H groups in total. The van der Waals surface area contributed by atoms with E-state index in [1.165, 1.54) is 12.1 Å². The third-order valence-corrected chi connectivity index (χ3v) is 4.47. The molecule has 2 bridgehead atoms. The highest BCUT2D eigenvalue weighted by atomic mass is 19.1. The molecule has 3 saturated heterocycles. The summed E-state index contributed by atoms with van der Waals surface area (Å²) >= 11 is 0. The van der Waals surface area contributed by atoms with Crippen LogP contribution in [-0.4, -0.2) is 47.4 Å². The summed E-state index contributed by atoms with van der Waals surface area (Å²) < 4.78 is 12.9. The van der Waals surface area contributed by atoms with Crippen molar-refractivity contribution in [2.45, 2.75) is 31.5 Å². The maximum Gasteiger partial charge on any atom is 0.244 e. The van der Waals surface area contributed by atoms with E-state index in [1.54, 1.807) is 12.1 Å². The standard InChI is InChI=1S/C15H20FN3O/c1-2-18-8-12-7-13(9-18)19(12)15(20)14(17)10-3-5-11(16)6-4-10/h3-6,12-14H,2,7-9,17H2,1H3. The minimum Gasteiger partial charge on any atom is -0.332 e. The van der Waals surface area contributed by atoms with Gasteiger partial charge >= 0.3 is 0 Å². The minimum absolute atomic E-state index is 0.0337. The molecule has 4 rings (SSSR count). The zero-order valence-electron chi connectivity index (χ0n) is 11.6. The van der Waals surface area contributed by atoms with Crippen LogP contribution in [0.5, 0.6) is 0 Å². The fourth-order valence-electron chi connectivity index (χ4n) is 3.29. The molecule has 0 aromatic heterocycles. The maximum absolute atomic E-state index is 12.9. The number of piperidine rings is 1. The number of amides is 1. The molecular weight excluding hydrogens is 257 g/mol. The number of nitrogens with two attached hydrogens (primary N) is 1. The molecule has 0 radical (unpaired) electrons. The second kappa shape index (κ2) is 5.14. The number of carbonyl (C=O) groups excluding carboxylic acids is 1. The van der Waals surface area contributed by atoms with Gasteiger partial charge in [-0.15, -0.1) is 0 Å². The van der Waals surface area contributed by atoms with Gasteiger partial charge in [0, 0.05) is 25.2 Å². The number of benzene rings is 1. The first kappa shape index (κ1) is 13.5. The molecule has 3 aliphatic heterocycles. The summed E-state index contributed by atoms with van der Waals surface area (Å²) in [7, 11) is 0. The summed E-state index contributed by atoms with van der Waals surface area (Å²) in [5.74, 6) is -0.346. The van der Waals surface area contributed by atoms with Crippen LogP contribution in [0, 0.1) is 5.82 Å². The molecule has 4 nitrogen and oxygen atoms in total. The summed E-state index contributed by atoms with van der Waals surface area (Å²) in [4.78, 5) is 16.8. The zero-order valence-corrected chi connectivity index (χ0v) is 11.6. The Morgan fingerprint density at radius 2 is 1.95 bits per heavy atom. The Kier molecular flexibility index (Phi) is 3.48. The van der Waals surface area contributed by atoms with Crippen LogP contribution in [0.4, 0.5) is 4.39 Å². The molecule has 5 heteroatoms. The number of rotatable bonds is 3. The van der Waals surface area contributed by atoms with E-state index in [0.717, 1.165) is 26.1 Å². The van der Waals surface area contributed by atoms with E-state index in [2.05, 4.69) is 11.8 Å². The molecule has 3 atom stereocenters. The smallest absolute Gasteiger partial charge is 0.244 e. The lowest BCUT2D eigenvalue weighted by atomic mass is 9.86. The van der Waals surface area contributed by atoms with Crippen LogP contribution in [0.1, 0.15) is 24.9 Å². The van der Waals surface area contributed by atoms with Crippen LogP contribution >= 0.6 is 0 Å². The van der Waals surface area contributed by atoms with Crippen LogP contribution in [0.15, 0.2) is 24.3 Å². The van der Waals surface area contributed by atoms with Crippen molar-refractivity contribution in [2.24, 2.45) is 5.73 Å². The van der Waals surface area contributed by atoms with Crippen molar-refractivity contribution in [3.05, 3.63) is 35.6 Å². The van der Waals surface area contributed by atoms with E-state index < -0.39 is 6.04 Å². The number of fused-ring (bicyclic) bond motifs is 2. The van der Waals surface area contributed by atoms with Crippen molar-refractivity contribution >= 4 is 5.91 Å². The van der Waals surface area contributed by atoms with Gasteiger partial charge < -0.3 is 10.6 Å². The highest BCUT2D eigenvalue weighted by molar-refractivity contribution is 5.84. The van der Waals surface area contributed by atoms with E-state index >= 15 is 0 Å². The molecule has 3 fully saturated rings. The minimum atomic E-state index is -0.686. The highest BCUT2D eigenvalue weighted by Gasteiger charge is 2.47. The van der Waals surface area contributed by atoms with Crippen LogP contribution in [0.3, 0.4) is 0 Å². The van der Waals surface area contributed by atoms with E-state index in [1.807, 2.05) is 4.90 Å². The SMILES string of the molecule is CCN1CC2CC(C1)N2C(=O)C(N)c1ccc(F)cc1. The topological polar surface area (TPSA) is 49.6 Å². The van der Waals surface area contributed by atoms with Gasteiger partial charge in [0.1, 0.15) is 11.9 Å². The summed E-state index contributed by atoms with van der Waals surface area (Å²) in [5.41, 5.74) is 6.72. The molecule has 0 aliphatic carbocycles. The Bertz CT molecular complexity index is 492. The number of hydrogen-bond acceptors (Lipinski definition) is 3. The quantitative estimate of drug-likeness (QED) is 0.901. The maximum atomic E-state index is 12.9. The second-order valence-corrected chi connectivity index (χ2v) is 5.67. The normalized spacial score (nSPS) is 27.1. The average molecular weight is 277 g/mol. The molecule has 3 unspecified atom stereocenters. The Morgan fingerprint density at radius 1 is 1.35 bits per heavy atom. The Hall–Kier alpha value is -1.46. The average Bonchev–Trinajstić information content (AvgIpc) is 2.47. The van der Waals surface area contributed by atoms with Crippen LogP contribution < -0.4 is 5.73 Å². The number of hydrogen-bond donors (Lipinski definition) is 1. The molecule has 0 spiro atoms. The van der Waals surface area contributed by atoms with Gasteiger partial charge in [-0.25, -0.2) is 4.39 Å². The van der Waals surface area contributed by atoms with Crippen molar-refractivity contribution in [3.63, 3.8) is 0 Å². The Labute approximate surface area is 118 Å². The molecule has 108 valence electrons. The molecular formula is C15H20FN3O. The van der Waals surface area contributed by atoms with Gasteiger partial charge in [-0.1, -0.05) is 19.1 Å². The zero-order chi connectivity index (χ0) is 14.3.